The number of likely N-dealkylation sites (N-methyl/N-ethyl adjacent to an activating group) is 1. The van der Waals surface area contributed by atoms with E-state index in [1.807, 2.05) is 36.4 Å². The first-order valence-corrected chi connectivity index (χ1v) is 8.71. The van der Waals surface area contributed by atoms with E-state index in [-0.39, 0.29) is 5.91 Å². The second-order valence-corrected chi connectivity index (χ2v) is 5.75. The van der Waals surface area contributed by atoms with Gasteiger partial charge in [-0.2, -0.15) is 0 Å². The highest BCUT2D eigenvalue weighted by atomic mass is 16.5. The van der Waals surface area contributed by atoms with Gasteiger partial charge in [0.25, 0.3) is 5.91 Å². The number of carbonyl (C=O) groups excluding carboxylic acids is 1. The number of hydrogen-bond donors (Lipinski definition) is 2. The van der Waals surface area contributed by atoms with E-state index in [0.717, 1.165) is 36.6 Å². The van der Waals surface area contributed by atoms with Gasteiger partial charge in [0, 0.05) is 24.3 Å². The van der Waals surface area contributed by atoms with Crippen LogP contribution in [0.2, 0.25) is 0 Å². The number of anilines is 1. The molecule has 0 aliphatic heterocycles. The molecule has 0 heterocycles. The van der Waals surface area contributed by atoms with Gasteiger partial charge in [0.1, 0.15) is 12.4 Å². The van der Waals surface area contributed by atoms with Gasteiger partial charge in [-0.05, 0) is 55.1 Å². The van der Waals surface area contributed by atoms with Gasteiger partial charge in [-0.3, -0.25) is 4.79 Å². The van der Waals surface area contributed by atoms with Crippen molar-refractivity contribution in [2.24, 2.45) is 5.73 Å². The van der Waals surface area contributed by atoms with Gasteiger partial charge in [0.05, 0.1) is 0 Å². The van der Waals surface area contributed by atoms with Crippen LogP contribution in [0.15, 0.2) is 48.5 Å². The number of benzene rings is 2. The highest BCUT2D eigenvalue weighted by molar-refractivity contribution is 6.04. The minimum Gasteiger partial charge on any atom is -0.492 e. The molecule has 5 nitrogen and oxygen atoms in total. The summed E-state index contributed by atoms with van der Waals surface area (Å²) in [4.78, 5) is 14.5. The Morgan fingerprint density at radius 3 is 2.24 bits per heavy atom. The number of rotatable bonds is 9. The van der Waals surface area contributed by atoms with Crippen molar-refractivity contribution in [2.75, 3.05) is 31.6 Å². The topological polar surface area (TPSA) is 67.6 Å². The van der Waals surface area contributed by atoms with Crippen molar-refractivity contribution < 1.29 is 9.53 Å². The lowest BCUT2D eigenvalue weighted by Crippen LogP contribution is -2.27. The lowest BCUT2D eigenvalue weighted by molar-refractivity contribution is 0.102. The molecule has 2 aromatic carbocycles. The van der Waals surface area contributed by atoms with Crippen molar-refractivity contribution in [1.29, 1.82) is 0 Å². The molecule has 0 radical (unpaired) electrons. The van der Waals surface area contributed by atoms with E-state index in [1.54, 1.807) is 12.1 Å². The summed E-state index contributed by atoms with van der Waals surface area (Å²) in [5.74, 6) is 0.663. The number of nitrogens with zero attached hydrogens (tertiary/aromatic N) is 1. The molecule has 0 atom stereocenters. The Labute approximate surface area is 149 Å². The third-order valence-electron chi connectivity index (χ3n) is 4.13. The summed E-state index contributed by atoms with van der Waals surface area (Å²) in [7, 11) is 0. The predicted octanol–water partition coefficient (Wildman–Crippen LogP) is 3.12. The molecule has 2 aromatic rings. The van der Waals surface area contributed by atoms with Crippen LogP contribution in [0.1, 0.15) is 29.8 Å². The molecular formula is C20H27N3O2. The van der Waals surface area contributed by atoms with E-state index in [0.29, 0.717) is 18.7 Å². The van der Waals surface area contributed by atoms with Gasteiger partial charge in [-0.15, -0.1) is 0 Å². The van der Waals surface area contributed by atoms with Gasteiger partial charge in [0.2, 0.25) is 0 Å². The molecule has 0 spiro atoms. The summed E-state index contributed by atoms with van der Waals surface area (Å²) in [5, 5.41) is 2.88. The van der Waals surface area contributed by atoms with Gasteiger partial charge >= 0.3 is 0 Å². The second-order valence-electron chi connectivity index (χ2n) is 5.75. The first-order chi connectivity index (χ1) is 12.2. The molecule has 0 aromatic heterocycles. The Kier molecular flexibility index (Phi) is 7.44. The highest BCUT2D eigenvalue weighted by Gasteiger charge is 2.06. The van der Waals surface area contributed by atoms with Gasteiger partial charge in [-0.1, -0.05) is 26.0 Å². The van der Waals surface area contributed by atoms with E-state index in [9.17, 15) is 4.79 Å². The molecule has 25 heavy (non-hydrogen) atoms. The highest BCUT2D eigenvalue weighted by Crippen LogP contribution is 2.16. The van der Waals surface area contributed by atoms with E-state index in [2.05, 4.69) is 24.1 Å². The number of nitrogens with two attached hydrogens (primary N) is 1. The van der Waals surface area contributed by atoms with Crippen LogP contribution in [0.5, 0.6) is 5.75 Å². The Morgan fingerprint density at radius 1 is 1.04 bits per heavy atom. The molecule has 0 aliphatic rings. The Balaban J connectivity index is 1.85. The zero-order valence-electron chi connectivity index (χ0n) is 15.0. The lowest BCUT2D eigenvalue weighted by atomic mass is 10.1. The van der Waals surface area contributed by atoms with Crippen molar-refractivity contribution in [3.63, 3.8) is 0 Å². The van der Waals surface area contributed by atoms with E-state index in [1.165, 1.54) is 0 Å². The van der Waals surface area contributed by atoms with Crippen molar-refractivity contribution in [3.8, 4) is 5.75 Å². The summed E-state index contributed by atoms with van der Waals surface area (Å²) in [6.07, 6.45) is 0. The summed E-state index contributed by atoms with van der Waals surface area (Å²) >= 11 is 0. The quantitative estimate of drug-likeness (QED) is 0.735. The summed E-state index contributed by atoms with van der Waals surface area (Å²) in [6.45, 7) is 8.37. The number of hydrogen-bond acceptors (Lipinski definition) is 4. The van der Waals surface area contributed by atoms with Crippen molar-refractivity contribution >= 4 is 11.6 Å². The molecule has 1 amide bonds. The van der Waals surface area contributed by atoms with Crippen LogP contribution in [0.3, 0.4) is 0 Å². The fraction of sp³-hybridized carbons (Fsp3) is 0.350. The molecule has 134 valence electrons. The van der Waals surface area contributed by atoms with Crippen LogP contribution in [0.4, 0.5) is 5.69 Å². The Hall–Kier alpha value is -2.37. The maximum absolute atomic E-state index is 12.2. The third-order valence-corrected chi connectivity index (χ3v) is 4.13. The molecule has 5 heteroatoms. The molecule has 0 bridgehead atoms. The minimum absolute atomic E-state index is 0.140. The van der Waals surface area contributed by atoms with Gasteiger partial charge < -0.3 is 20.7 Å². The second kappa shape index (κ2) is 9.81. The maximum atomic E-state index is 12.2. The fourth-order valence-electron chi connectivity index (χ4n) is 2.46. The van der Waals surface area contributed by atoms with Crippen LogP contribution in [0, 0.1) is 0 Å². The Morgan fingerprint density at radius 2 is 1.68 bits per heavy atom. The fourth-order valence-corrected chi connectivity index (χ4v) is 2.46. The Bertz CT molecular complexity index is 650. The first kappa shape index (κ1) is 19.0. The van der Waals surface area contributed by atoms with Crippen LogP contribution in [0.25, 0.3) is 0 Å². The van der Waals surface area contributed by atoms with Gasteiger partial charge in [0.15, 0.2) is 0 Å². The van der Waals surface area contributed by atoms with Crippen molar-refractivity contribution in [1.82, 2.24) is 4.90 Å². The smallest absolute Gasteiger partial charge is 0.255 e. The van der Waals surface area contributed by atoms with Crippen LogP contribution in [-0.4, -0.2) is 37.0 Å². The largest absolute Gasteiger partial charge is 0.492 e. The normalized spacial score (nSPS) is 10.7. The molecule has 0 saturated carbocycles. The predicted molar refractivity (Wildman–Crippen MR) is 102 cm³/mol. The third kappa shape index (κ3) is 5.89. The monoisotopic (exact) mass is 341 g/mol. The van der Waals surface area contributed by atoms with Crippen molar-refractivity contribution in [2.45, 2.75) is 20.4 Å². The molecule has 0 saturated heterocycles. The molecule has 3 N–H and O–H groups in total. The number of carbonyl (C=O) groups is 1. The summed E-state index contributed by atoms with van der Waals surface area (Å²) < 4.78 is 5.74. The SMILES string of the molecule is CCN(CC)CCOc1ccc(NC(=O)c2ccc(CN)cc2)cc1. The van der Waals surface area contributed by atoms with E-state index < -0.39 is 0 Å². The average molecular weight is 341 g/mol. The first-order valence-electron chi connectivity index (χ1n) is 8.71. The molecule has 0 unspecified atom stereocenters. The minimum atomic E-state index is -0.140. The molecule has 2 rings (SSSR count). The van der Waals surface area contributed by atoms with Gasteiger partial charge in [-0.25, -0.2) is 0 Å². The number of amides is 1. The zero-order chi connectivity index (χ0) is 18.1. The summed E-state index contributed by atoms with van der Waals surface area (Å²) in [5.41, 5.74) is 7.92. The lowest BCUT2D eigenvalue weighted by Gasteiger charge is -2.18. The standard InChI is InChI=1S/C20H27N3O2/c1-3-23(4-2)13-14-25-19-11-9-18(10-12-19)22-20(24)17-7-5-16(15-21)6-8-17/h5-12H,3-4,13-15,21H2,1-2H3,(H,22,24). The van der Waals surface area contributed by atoms with Crippen LogP contribution >= 0.6 is 0 Å². The number of nitrogens with one attached hydrogen (secondary N) is 1. The van der Waals surface area contributed by atoms with Crippen molar-refractivity contribution in [3.05, 3.63) is 59.7 Å². The van der Waals surface area contributed by atoms with E-state index in [4.69, 9.17) is 10.5 Å². The number of ether oxygens (including phenoxy) is 1. The van der Waals surface area contributed by atoms with Crippen LogP contribution in [-0.2, 0) is 6.54 Å². The molecular weight excluding hydrogens is 314 g/mol. The average Bonchev–Trinajstić information content (AvgIpc) is 2.66. The van der Waals surface area contributed by atoms with Crippen LogP contribution < -0.4 is 15.8 Å². The molecule has 0 fully saturated rings. The maximum Gasteiger partial charge on any atom is 0.255 e. The van der Waals surface area contributed by atoms with E-state index >= 15 is 0 Å². The molecule has 0 aliphatic carbocycles. The summed E-state index contributed by atoms with van der Waals surface area (Å²) in [6, 6.07) is 14.7. The zero-order valence-corrected chi connectivity index (χ0v) is 15.0.